The van der Waals surface area contributed by atoms with E-state index in [1.807, 2.05) is 19.1 Å². The molecule has 0 unspecified atom stereocenters. The maximum Gasteiger partial charge on any atom is 0.339 e. The molecule has 0 atom stereocenters. The normalized spacial score (nSPS) is 10.2. The van der Waals surface area contributed by atoms with Crippen molar-refractivity contribution < 1.29 is 19.4 Å². The van der Waals surface area contributed by atoms with Gasteiger partial charge in [-0.3, -0.25) is 4.79 Å². The van der Waals surface area contributed by atoms with Gasteiger partial charge in [0.1, 0.15) is 11.3 Å². The summed E-state index contributed by atoms with van der Waals surface area (Å²) in [5.41, 5.74) is 1.87. The van der Waals surface area contributed by atoms with Gasteiger partial charge in [0.05, 0.1) is 5.69 Å². The molecule has 110 valence electrons. The highest BCUT2D eigenvalue weighted by atomic mass is 16.5. The van der Waals surface area contributed by atoms with Crippen LogP contribution in [-0.2, 0) is 4.79 Å². The van der Waals surface area contributed by atoms with E-state index < -0.39 is 11.9 Å². The summed E-state index contributed by atoms with van der Waals surface area (Å²) < 4.78 is 5.33. The van der Waals surface area contributed by atoms with E-state index in [2.05, 4.69) is 10.3 Å². The summed E-state index contributed by atoms with van der Waals surface area (Å²) in [6, 6.07) is 7.30. The van der Waals surface area contributed by atoms with Crippen LogP contribution in [0, 0.1) is 13.8 Å². The lowest BCUT2D eigenvalue weighted by atomic mass is 10.2. The van der Waals surface area contributed by atoms with Crippen LogP contribution in [-0.4, -0.2) is 28.6 Å². The molecule has 0 saturated carbocycles. The first kappa shape index (κ1) is 14.6. The standard InChI is InChI=1S/C15H16N2O4/c1-9-3-5-11(6-4-9)21-8-13(18)17-12-7-16-10(2)14(12)15(19)20/h3-7,16H,8H2,1-2H3,(H,17,18)(H,19,20). The number of H-pyrrole nitrogens is 1. The van der Waals surface area contributed by atoms with Crippen molar-refractivity contribution in [3.63, 3.8) is 0 Å². The van der Waals surface area contributed by atoms with Crippen molar-refractivity contribution in [1.82, 2.24) is 4.98 Å². The predicted molar refractivity (Wildman–Crippen MR) is 77.8 cm³/mol. The molecule has 0 bridgehead atoms. The fourth-order valence-corrected chi connectivity index (χ4v) is 1.87. The molecule has 2 aromatic rings. The fraction of sp³-hybridized carbons (Fsp3) is 0.200. The molecular weight excluding hydrogens is 272 g/mol. The molecule has 21 heavy (non-hydrogen) atoms. The van der Waals surface area contributed by atoms with Gasteiger partial charge in [-0.1, -0.05) is 17.7 Å². The number of aromatic amines is 1. The summed E-state index contributed by atoms with van der Waals surface area (Å²) in [6.07, 6.45) is 1.45. The van der Waals surface area contributed by atoms with Crippen molar-refractivity contribution in [3.05, 3.63) is 47.3 Å². The van der Waals surface area contributed by atoms with Gasteiger partial charge in [-0.25, -0.2) is 4.79 Å². The van der Waals surface area contributed by atoms with E-state index in [4.69, 9.17) is 9.84 Å². The highest BCUT2D eigenvalue weighted by molar-refractivity contribution is 6.01. The van der Waals surface area contributed by atoms with Crippen molar-refractivity contribution >= 4 is 17.6 Å². The van der Waals surface area contributed by atoms with Gasteiger partial charge in [-0.15, -0.1) is 0 Å². The van der Waals surface area contributed by atoms with Gasteiger partial charge < -0.3 is 20.1 Å². The molecule has 1 amide bonds. The van der Waals surface area contributed by atoms with Crippen LogP contribution < -0.4 is 10.1 Å². The number of carboxylic acid groups (broad SMARTS) is 1. The van der Waals surface area contributed by atoms with Crippen LogP contribution in [0.4, 0.5) is 5.69 Å². The van der Waals surface area contributed by atoms with E-state index in [1.54, 1.807) is 19.1 Å². The lowest BCUT2D eigenvalue weighted by molar-refractivity contribution is -0.118. The number of rotatable bonds is 5. The molecule has 0 aliphatic rings. The number of aromatic nitrogens is 1. The second-order valence-corrected chi connectivity index (χ2v) is 4.66. The van der Waals surface area contributed by atoms with E-state index >= 15 is 0 Å². The molecule has 6 nitrogen and oxygen atoms in total. The van der Waals surface area contributed by atoms with Gasteiger partial charge >= 0.3 is 5.97 Å². The molecule has 0 radical (unpaired) electrons. The fourth-order valence-electron chi connectivity index (χ4n) is 1.87. The topological polar surface area (TPSA) is 91.4 Å². The van der Waals surface area contributed by atoms with Crippen LogP contribution in [0.2, 0.25) is 0 Å². The SMILES string of the molecule is Cc1ccc(OCC(=O)Nc2c[nH]c(C)c2C(=O)O)cc1. The quantitative estimate of drug-likeness (QED) is 0.787. The summed E-state index contributed by atoms with van der Waals surface area (Å²) >= 11 is 0. The number of hydrogen-bond donors (Lipinski definition) is 3. The molecule has 1 aromatic carbocycles. The van der Waals surface area contributed by atoms with Crippen molar-refractivity contribution in [2.75, 3.05) is 11.9 Å². The minimum Gasteiger partial charge on any atom is -0.484 e. The molecule has 0 fully saturated rings. The molecule has 2 rings (SSSR count). The van der Waals surface area contributed by atoms with Gasteiger partial charge in [-0.05, 0) is 26.0 Å². The summed E-state index contributed by atoms with van der Waals surface area (Å²) in [7, 11) is 0. The monoisotopic (exact) mass is 288 g/mol. The molecule has 1 heterocycles. The maximum absolute atomic E-state index is 11.8. The lowest BCUT2D eigenvalue weighted by Crippen LogP contribution is -2.21. The summed E-state index contributed by atoms with van der Waals surface area (Å²) in [5.74, 6) is -0.931. The van der Waals surface area contributed by atoms with Crippen LogP contribution in [0.5, 0.6) is 5.75 Å². The number of carboxylic acids is 1. The Hall–Kier alpha value is -2.76. The average Bonchev–Trinajstić information content (AvgIpc) is 2.79. The molecule has 3 N–H and O–H groups in total. The zero-order chi connectivity index (χ0) is 15.4. The summed E-state index contributed by atoms with van der Waals surface area (Å²) in [5, 5.41) is 11.6. The molecule has 6 heteroatoms. The number of amides is 1. The smallest absolute Gasteiger partial charge is 0.339 e. The van der Waals surface area contributed by atoms with E-state index in [-0.39, 0.29) is 17.9 Å². The lowest BCUT2D eigenvalue weighted by Gasteiger charge is -2.07. The Kier molecular flexibility index (Phi) is 4.27. The van der Waals surface area contributed by atoms with Crippen molar-refractivity contribution in [2.24, 2.45) is 0 Å². The Balaban J connectivity index is 1.96. The Labute approximate surface area is 121 Å². The highest BCUT2D eigenvalue weighted by Gasteiger charge is 2.17. The Morgan fingerprint density at radius 1 is 1.24 bits per heavy atom. The third-order valence-corrected chi connectivity index (χ3v) is 2.96. The van der Waals surface area contributed by atoms with Crippen molar-refractivity contribution in [2.45, 2.75) is 13.8 Å². The van der Waals surface area contributed by atoms with Gasteiger partial charge in [0.15, 0.2) is 6.61 Å². The second kappa shape index (κ2) is 6.13. The molecular formula is C15H16N2O4. The second-order valence-electron chi connectivity index (χ2n) is 4.66. The number of benzene rings is 1. The van der Waals surface area contributed by atoms with Gasteiger partial charge in [0, 0.05) is 11.9 Å². The number of nitrogens with one attached hydrogen (secondary N) is 2. The molecule has 0 aliphatic heterocycles. The molecule has 0 saturated heterocycles. The van der Waals surface area contributed by atoms with Gasteiger partial charge in [-0.2, -0.15) is 0 Å². The number of aryl methyl sites for hydroxylation is 2. The number of ether oxygens (including phenoxy) is 1. The highest BCUT2D eigenvalue weighted by Crippen LogP contribution is 2.19. The van der Waals surface area contributed by atoms with E-state index in [0.717, 1.165) is 5.56 Å². The first-order chi connectivity index (χ1) is 9.97. The van der Waals surface area contributed by atoms with E-state index in [0.29, 0.717) is 11.4 Å². The molecule has 0 spiro atoms. The summed E-state index contributed by atoms with van der Waals surface area (Å²) in [4.78, 5) is 25.7. The first-order valence-electron chi connectivity index (χ1n) is 6.38. The van der Waals surface area contributed by atoms with E-state index in [9.17, 15) is 9.59 Å². The molecule has 1 aromatic heterocycles. The number of aromatic carboxylic acids is 1. The van der Waals surface area contributed by atoms with Crippen LogP contribution in [0.15, 0.2) is 30.5 Å². The van der Waals surface area contributed by atoms with Gasteiger partial charge in [0.2, 0.25) is 0 Å². The maximum atomic E-state index is 11.8. The van der Waals surface area contributed by atoms with Crippen LogP contribution in [0.3, 0.4) is 0 Å². The Bertz CT molecular complexity index is 659. The van der Waals surface area contributed by atoms with Crippen molar-refractivity contribution in [1.29, 1.82) is 0 Å². The third kappa shape index (κ3) is 3.62. The van der Waals surface area contributed by atoms with Crippen LogP contribution >= 0.6 is 0 Å². The summed E-state index contributed by atoms with van der Waals surface area (Å²) in [6.45, 7) is 3.40. The Morgan fingerprint density at radius 3 is 2.52 bits per heavy atom. The zero-order valence-electron chi connectivity index (χ0n) is 11.8. The van der Waals surface area contributed by atoms with Crippen LogP contribution in [0.1, 0.15) is 21.6 Å². The van der Waals surface area contributed by atoms with E-state index in [1.165, 1.54) is 6.20 Å². The zero-order valence-corrected chi connectivity index (χ0v) is 11.8. The van der Waals surface area contributed by atoms with Gasteiger partial charge in [0.25, 0.3) is 5.91 Å². The molecule has 0 aliphatic carbocycles. The first-order valence-corrected chi connectivity index (χ1v) is 6.38. The largest absolute Gasteiger partial charge is 0.484 e. The average molecular weight is 288 g/mol. The number of hydrogen-bond acceptors (Lipinski definition) is 3. The van der Waals surface area contributed by atoms with Crippen molar-refractivity contribution in [3.8, 4) is 5.75 Å². The minimum atomic E-state index is -1.09. The minimum absolute atomic E-state index is 0.0543. The number of anilines is 1. The third-order valence-electron chi connectivity index (χ3n) is 2.96. The Morgan fingerprint density at radius 2 is 1.90 bits per heavy atom. The number of carbonyl (C=O) groups is 2. The predicted octanol–water partition coefficient (Wildman–Crippen LogP) is 2.35. The van der Waals surface area contributed by atoms with Crippen LogP contribution in [0.25, 0.3) is 0 Å². The number of carbonyl (C=O) groups excluding carboxylic acids is 1.